The SMILES string of the molecule is CCC(CC(=O)O)C(=O)c1ccc(N)cc1.Cl. The molecule has 0 saturated heterocycles. The Morgan fingerprint density at radius 3 is 2.24 bits per heavy atom. The van der Waals surface area contributed by atoms with Gasteiger partial charge in [-0.1, -0.05) is 6.92 Å². The highest BCUT2D eigenvalue weighted by Gasteiger charge is 2.20. The molecule has 1 rings (SSSR count). The number of carboxylic acid groups (broad SMARTS) is 1. The molecule has 0 radical (unpaired) electrons. The molecule has 1 aromatic carbocycles. The minimum atomic E-state index is -0.948. The Morgan fingerprint density at radius 1 is 1.29 bits per heavy atom. The topological polar surface area (TPSA) is 80.4 Å². The average Bonchev–Trinajstić information content (AvgIpc) is 2.25. The second-order valence-corrected chi connectivity index (χ2v) is 3.69. The van der Waals surface area contributed by atoms with Gasteiger partial charge in [-0.3, -0.25) is 9.59 Å². The van der Waals surface area contributed by atoms with Gasteiger partial charge in [0.25, 0.3) is 0 Å². The number of benzene rings is 1. The van der Waals surface area contributed by atoms with Crippen LogP contribution in [0.15, 0.2) is 24.3 Å². The largest absolute Gasteiger partial charge is 0.481 e. The Kier molecular flexibility index (Phi) is 6.28. The van der Waals surface area contributed by atoms with Crippen LogP contribution in [-0.2, 0) is 4.79 Å². The third-order valence-corrected chi connectivity index (χ3v) is 2.48. The van der Waals surface area contributed by atoms with E-state index in [0.717, 1.165) is 0 Å². The number of carboxylic acids is 1. The van der Waals surface area contributed by atoms with Crippen molar-refractivity contribution in [2.24, 2.45) is 5.92 Å². The maximum Gasteiger partial charge on any atom is 0.304 e. The lowest BCUT2D eigenvalue weighted by molar-refractivity contribution is -0.137. The van der Waals surface area contributed by atoms with E-state index in [-0.39, 0.29) is 24.6 Å². The standard InChI is InChI=1S/C12H15NO3.ClH/c1-2-8(7-11(14)15)12(16)9-3-5-10(13)6-4-9;/h3-6,8H,2,7,13H2,1H3,(H,14,15);1H. The summed E-state index contributed by atoms with van der Waals surface area (Å²) in [6.45, 7) is 1.81. The van der Waals surface area contributed by atoms with Crippen LogP contribution in [0.2, 0.25) is 0 Å². The fourth-order valence-corrected chi connectivity index (χ4v) is 1.52. The van der Waals surface area contributed by atoms with Gasteiger partial charge in [-0.2, -0.15) is 0 Å². The van der Waals surface area contributed by atoms with Gasteiger partial charge < -0.3 is 10.8 Å². The Hall–Kier alpha value is -1.55. The first-order chi connectivity index (χ1) is 7.54. The summed E-state index contributed by atoms with van der Waals surface area (Å²) < 4.78 is 0. The average molecular weight is 258 g/mol. The summed E-state index contributed by atoms with van der Waals surface area (Å²) in [7, 11) is 0. The highest BCUT2D eigenvalue weighted by molar-refractivity contribution is 5.99. The zero-order valence-corrected chi connectivity index (χ0v) is 10.4. The molecule has 0 heterocycles. The summed E-state index contributed by atoms with van der Waals surface area (Å²) >= 11 is 0. The Balaban J connectivity index is 0.00000256. The van der Waals surface area contributed by atoms with Crippen molar-refractivity contribution in [3.8, 4) is 0 Å². The van der Waals surface area contributed by atoms with Crippen LogP contribution in [0.4, 0.5) is 5.69 Å². The summed E-state index contributed by atoms with van der Waals surface area (Å²) in [4.78, 5) is 22.5. The van der Waals surface area contributed by atoms with E-state index in [1.807, 2.05) is 6.92 Å². The van der Waals surface area contributed by atoms with Crippen LogP contribution in [0.5, 0.6) is 0 Å². The van der Waals surface area contributed by atoms with Gasteiger partial charge in [-0.05, 0) is 30.7 Å². The predicted molar refractivity (Wildman–Crippen MR) is 68.5 cm³/mol. The number of rotatable bonds is 5. The fraction of sp³-hybridized carbons (Fsp3) is 0.333. The van der Waals surface area contributed by atoms with Crippen molar-refractivity contribution in [3.05, 3.63) is 29.8 Å². The number of hydrogen-bond acceptors (Lipinski definition) is 3. The lowest BCUT2D eigenvalue weighted by Gasteiger charge is -2.11. The minimum Gasteiger partial charge on any atom is -0.481 e. The van der Waals surface area contributed by atoms with Gasteiger partial charge in [0, 0.05) is 17.2 Å². The molecule has 0 fully saturated rings. The Labute approximate surface area is 106 Å². The summed E-state index contributed by atoms with van der Waals surface area (Å²) in [5, 5.41) is 8.68. The van der Waals surface area contributed by atoms with Crippen molar-refractivity contribution in [3.63, 3.8) is 0 Å². The Bertz CT molecular complexity index is 389. The second-order valence-electron chi connectivity index (χ2n) is 3.69. The van der Waals surface area contributed by atoms with E-state index in [1.165, 1.54) is 0 Å². The lowest BCUT2D eigenvalue weighted by Crippen LogP contribution is -2.17. The molecule has 5 heteroatoms. The van der Waals surface area contributed by atoms with Gasteiger partial charge in [-0.25, -0.2) is 0 Å². The van der Waals surface area contributed by atoms with E-state index in [0.29, 0.717) is 17.7 Å². The highest BCUT2D eigenvalue weighted by atomic mass is 35.5. The first-order valence-electron chi connectivity index (χ1n) is 5.16. The molecule has 0 bridgehead atoms. The van der Waals surface area contributed by atoms with Crippen LogP contribution in [0, 0.1) is 5.92 Å². The molecule has 0 amide bonds. The van der Waals surface area contributed by atoms with Gasteiger partial charge in [0.15, 0.2) is 5.78 Å². The highest BCUT2D eigenvalue weighted by Crippen LogP contribution is 2.17. The molecule has 0 spiro atoms. The summed E-state index contributed by atoms with van der Waals surface area (Å²) in [5.74, 6) is -1.54. The molecular formula is C12H16ClNO3. The van der Waals surface area contributed by atoms with E-state index in [1.54, 1.807) is 24.3 Å². The van der Waals surface area contributed by atoms with Crippen molar-refractivity contribution in [2.75, 3.05) is 5.73 Å². The monoisotopic (exact) mass is 257 g/mol. The van der Waals surface area contributed by atoms with Crippen molar-refractivity contribution >= 4 is 29.8 Å². The van der Waals surface area contributed by atoms with E-state index < -0.39 is 11.9 Å². The number of anilines is 1. The number of Topliss-reactive ketones (excluding diaryl/α,β-unsaturated/α-hetero) is 1. The van der Waals surface area contributed by atoms with Gasteiger partial charge in [0.1, 0.15) is 0 Å². The lowest BCUT2D eigenvalue weighted by atomic mass is 9.92. The first kappa shape index (κ1) is 15.4. The van der Waals surface area contributed by atoms with Crippen LogP contribution in [0.3, 0.4) is 0 Å². The number of aliphatic carboxylic acids is 1. The van der Waals surface area contributed by atoms with E-state index in [2.05, 4.69) is 0 Å². The van der Waals surface area contributed by atoms with Crippen LogP contribution < -0.4 is 5.73 Å². The van der Waals surface area contributed by atoms with E-state index >= 15 is 0 Å². The minimum absolute atomic E-state index is 0. The maximum absolute atomic E-state index is 11.9. The first-order valence-corrected chi connectivity index (χ1v) is 5.16. The molecule has 1 atom stereocenters. The smallest absolute Gasteiger partial charge is 0.304 e. The van der Waals surface area contributed by atoms with Crippen molar-refractivity contribution in [1.29, 1.82) is 0 Å². The number of hydrogen-bond donors (Lipinski definition) is 2. The summed E-state index contributed by atoms with van der Waals surface area (Å²) in [5.41, 5.74) is 6.61. The molecule has 0 aliphatic heterocycles. The third-order valence-electron chi connectivity index (χ3n) is 2.48. The van der Waals surface area contributed by atoms with E-state index in [4.69, 9.17) is 10.8 Å². The fourth-order valence-electron chi connectivity index (χ4n) is 1.52. The van der Waals surface area contributed by atoms with Gasteiger partial charge >= 0.3 is 5.97 Å². The second kappa shape index (κ2) is 6.91. The molecule has 4 nitrogen and oxygen atoms in total. The number of nitrogens with two attached hydrogens (primary N) is 1. The van der Waals surface area contributed by atoms with Crippen molar-refractivity contribution < 1.29 is 14.7 Å². The molecule has 17 heavy (non-hydrogen) atoms. The normalized spacial score (nSPS) is 11.4. The third kappa shape index (κ3) is 4.44. The predicted octanol–water partition coefficient (Wildman–Crippen LogP) is 2.37. The maximum atomic E-state index is 11.9. The van der Waals surface area contributed by atoms with Crippen LogP contribution in [-0.4, -0.2) is 16.9 Å². The molecule has 1 aromatic rings. The number of carbonyl (C=O) groups excluding carboxylic acids is 1. The summed E-state index contributed by atoms with van der Waals surface area (Å²) in [6.07, 6.45) is 0.398. The zero-order chi connectivity index (χ0) is 12.1. The van der Waals surface area contributed by atoms with Crippen molar-refractivity contribution in [1.82, 2.24) is 0 Å². The quantitative estimate of drug-likeness (QED) is 0.627. The Morgan fingerprint density at radius 2 is 1.82 bits per heavy atom. The van der Waals surface area contributed by atoms with Gasteiger partial charge in [0.05, 0.1) is 6.42 Å². The molecule has 0 aliphatic rings. The van der Waals surface area contributed by atoms with Gasteiger partial charge in [0.2, 0.25) is 0 Å². The number of halogens is 1. The zero-order valence-electron chi connectivity index (χ0n) is 9.55. The van der Waals surface area contributed by atoms with Crippen molar-refractivity contribution in [2.45, 2.75) is 19.8 Å². The molecule has 0 saturated carbocycles. The molecular weight excluding hydrogens is 242 g/mol. The molecule has 0 aromatic heterocycles. The molecule has 3 N–H and O–H groups in total. The van der Waals surface area contributed by atoms with Gasteiger partial charge in [-0.15, -0.1) is 12.4 Å². The number of carbonyl (C=O) groups is 2. The van der Waals surface area contributed by atoms with Crippen LogP contribution in [0.1, 0.15) is 30.1 Å². The van der Waals surface area contributed by atoms with Crippen LogP contribution in [0.25, 0.3) is 0 Å². The molecule has 0 aliphatic carbocycles. The van der Waals surface area contributed by atoms with Crippen LogP contribution >= 0.6 is 12.4 Å². The molecule has 1 unspecified atom stereocenters. The summed E-state index contributed by atoms with van der Waals surface area (Å²) in [6, 6.07) is 6.53. The molecule has 94 valence electrons. The van der Waals surface area contributed by atoms with E-state index in [9.17, 15) is 9.59 Å². The number of ketones is 1. The number of nitrogen functional groups attached to an aromatic ring is 1.